The van der Waals surface area contributed by atoms with Crippen molar-refractivity contribution in [3.63, 3.8) is 0 Å². The van der Waals surface area contributed by atoms with Crippen LogP contribution in [0.1, 0.15) is 65.2 Å². The van der Waals surface area contributed by atoms with Crippen molar-refractivity contribution in [3.05, 3.63) is 0 Å². The quantitative estimate of drug-likeness (QED) is 0.706. The highest BCUT2D eigenvalue weighted by Gasteiger charge is 2.55. The van der Waals surface area contributed by atoms with Gasteiger partial charge in [0, 0.05) is 12.1 Å². The van der Waals surface area contributed by atoms with E-state index < -0.39 is 0 Å². The summed E-state index contributed by atoms with van der Waals surface area (Å²) < 4.78 is 5.59. The van der Waals surface area contributed by atoms with Gasteiger partial charge in [-0.1, -0.05) is 32.1 Å². The SMILES string of the molecule is CC(C)N1C2CCCCCCCC2CC12COC2. The van der Waals surface area contributed by atoms with Crippen molar-refractivity contribution < 1.29 is 4.74 Å². The molecule has 2 atom stereocenters. The summed E-state index contributed by atoms with van der Waals surface area (Å²) in [6.45, 7) is 6.76. The Kier molecular flexibility index (Phi) is 3.68. The van der Waals surface area contributed by atoms with Gasteiger partial charge in [-0.25, -0.2) is 0 Å². The van der Waals surface area contributed by atoms with E-state index in [9.17, 15) is 0 Å². The van der Waals surface area contributed by atoms with Crippen LogP contribution < -0.4 is 0 Å². The summed E-state index contributed by atoms with van der Waals surface area (Å²) in [7, 11) is 0. The van der Waals surface area contributed by atoms with Gasteiger partial charge in [0.25, 0.3) is 0 Å². The van der Waals surface area contributed by atoms with Crippen molar-refractivity contribution in [1.29, 1.82) is 0 Å². The van der Waals surface area contributed by atoms with Crippen LogP contribution in [0.4, 0.5) is 0 Å². The van der Waals surface area contributed by atoms with Crippen molar-refractivity contribution in [2.24, 2.45) is 5.92 Å². The molecule has 2 aliphatic heterocycles. The fourth-order valence-corrected chi connectivity index (χ4v) is 4.80. The Morgan fingerprint density at radius 2 is 1.67 bits per heavy atom. The molecule has 3 rings (SSSR count). The largest absolute Gasteiger partial charge is 0.377 e. The van der Waals surface area contributed by atoms with Crippen LogP contribution in [0.3, 0.4) is 0 Å². The Balaban J connectivity index is 1.79. The van der Waals surface area contributed by atoms with Gasteiger partial charge in [-0.2, -0.15) is 0 Å². The lowest BCUT2D eigenvalue weighted by Gasteiger charge is -2.49. The maximum Gasteiger partial charge on any atom is 0.0686 e. The average molecular weight is 251 g/mol. The first-order valence-corrected chi connectivity index (χ1v) is 8.09. The highest BCUT2D eigenvalue weighted by atomic mass is 16.5. The molecule has 1 spiro atoms. The zero-order valence-electron chi connectivity index (χ0n) is 12.2. The highest BCUT2D eigenvalue weighted by molar-refractivity contribution is 5.09. The summed E-state index contributed by atoms with van der Waals surface area (Å²) in [5, 5.41) is 0. The second-order valence-electron chi connectivity index (χ2n) is 7.09. The Hall–Kier alpha value is -0.0800. The van der Waals surface area contributed by atoms with Gasteiger partial charge >= 0.3 is 0 Å². The van der Waals surface area contributed by atoms with Crippen molar-refractivity contribution in [2.45, 2.75) is 82.8 Å². The van der Waals surface area contributed by atoms with E-state index in [1.165, 1.54) is 51.4 Å². The van der Waals surface area contributed by atoms with Crippen LogP contribution in [0.25, 0.3) is 0 Å². The van der Waals surface area contributed by atoms with Gasteiger partial charge in [0.05, 0.1) is 18.8 Å². The molecule has 0 aromatic carbocycles. The fraction of sp³-hybridized carbons (Fsp3) is 1.00. The molecule has 0 amide bonds. The molecule has 18 heavy (non-hydrogen) atoms. The lowest BCUT2D eigenvalue weighted by molar-refractivity contribution is -0.141. The fourth-order valence-electron chi connectivity index (χ4n) is 4.80. The van der Waals surface area contributed by atoms with Crippen molar-refractivity contribution in [3.8, 4) is 0 Å². The number of likely N-dealkylation sites (tertiary alicyclic amines) is 1. The lowest BCUT2D eigenvalue weighted by Crippen LogP contribution is -2.62. The summed E-state index contributed by atoms with van der Waals surface area (Å²) in [5.74, 6) is 0.953. The van der Waals surface area contributed by atoms with Crippen LogP contribution in [-0.2, 0) is 4.74 Å². The molecular weight excluding hydrogens is 222 g/mol. The molecule has 1 aliphatic carbocycles. The molecule has 2 heteroatoms. The average Bonchev–Trinajstić information content (AvgIpc) is 2.64. The topological polar surface area (TPSA) is 12.5 Å². The van der Waals surface area contributed by atoms with E-state index in [4.69, 9.17) is 4.74 Å². The molecule has 2 unspecified atom stereocenters. The summed E-state index contributed by atoms with van der Waals surface area (Å²) in [6, 6.07) is 1.54. The van der Waals surface area contributed by atoms with Gasteiger partial charge in [-0.05, 0) is 39.0 Å². The zero-order chi connectivity index (χ0) is 12.6. The van der Waals surface area contributed by atoms with Crippen molar-refractivity contribution >= 4 is 0 Å². The smallest absolute Gasteiger partial charge is 0.0686 e. The molecule has 0 radical (unpaired) electrons. The molecule has 0 aromatic heterocycles. The van der Waals surface area contributed by atoms with E-state index in [1.807, 2.05) is 0 Å². The number of nitrogens with zero attached hydrogens (tertiary/aromatic N) is 1. The van der Waals surface area contributed by atoms with Gasteiger partial charge in [0.15, 0.2) is 0 Å². The summed E-state index contributed by atoms with van der Waals surface area (Å²) >= 11 is 0. The number of fused-ring (bicyclic) bond motifs is 1. The summed E-state index contributed by atoms with van der Waals surface area (Å²) in [5.41, 5.74) is 0.433. The van der Waals surface area contributed by atoms with Gasteiger partial charge in [-0.3, -0.25) is 4.90 Å². The third-order valence-corrected chi connectivity index (χ3v) is 5.46. The Morgan fingerprint density at radius 1 is 1.00 bits per heavy atom. The van der Waals surface area contributed by atoms with Gasteiger partial charge in [0.2, 0.25) is 0 Å². The zero-order valence-corrected chi connectivity index (χ0v) is 12.2. The third kappa shape index (κ3) is 2.12. The molecule has 3 aliphatic rings. The standard InChI is InChI=1S/C16H29NO/c1-13(2)17-15-9-7-5-3-4-6-8-14(15)10-16(17)11-18-12-16/h13-15H,3-12H2,1-2H3. The molecule has 1 saturated carbocycles. The molecule has 2 heterocycles. The highest BCUT2D eigenvalue weighted by Crippen LogP contribution is 2.47. The van der Waals surface area contributed by atoms with Crippen LogP contribution >= 0.6 is 0 Å². The van der Waals surface area contributed by atoms with Crippen LogP contribution in [0.15, 0.2) is 0 Å². The van der Waals surface area contributed by atoms with Crippen molar-refractivity contribution in [2.75, 3.05) is 13.2 Å². The van der Waals surface area contributed by atoms with Crippen LogP contribution in [0, 0.1) is 5.92 Å². The monoisotopic (exact) mass is 251 g/mol. The predicted molar refractivity (Wildman–Crippen MR) is 74.7 cm³/mol. The van der Waals surface area contributed by atoms with E-state index in [-0.39, 0.29) is 0 Å². The maximum atomic E-state index is 5.59. The lowest BCUT2D eigenvalue weighted by atomic mass is 9.86. The molecule has 2 saturated heterocycles. The molecule has 0 aromatic rings. The number of hydrogen-bond donors (Lipinski definition) is 0. The minimum absolute atomic E-state index is 0.433. The molecular formula is C16H29NO. The van der Waals surface area contributed by atoms with E-state index in [0.717, 1.165) is 25.2 Å². The van der Waals surface area contributed by atoms with Crippen LogP contribution in [0.5, 0.6) is 0 Å². The van der Waals surface area contributed by atoms with Crippen molar-refractivity contribution in [1.82, 2.24) is 4.90 Å². The molecule has 2 nitrogen and oxygen atoms in total. The summed E-state index contributed by atoms with van der Waals surface area (Å²) in [4.78, 5) is 2.85. The summed E-state index contributed by atoms with van der Waals surface area (Å²) in [6.07, 6.45) is 11.6. The van der Waals surface area contributed by atoms with Gasteiger partial charge in [-0.15, -0.1) is 0 Å². The van der Waals surface area contributed by atoms with E-state index in [2.05, 4.69) is 18.7 Å². The Bertz CT molecular complexity index is 285. The second-order valence-corrected chi connectivity index (χ2v) is 7.09. The normalized spacial score (nSPS) is 36.8. The molecule has 0 bridgehead atoms. The van der Waals surface area contributed by atoms with E-state index in [0.29, 0.717) is 11.6 Å². The third-order valence-electron chi connectivity index (χ3n) is 5.46. The number of rotatable bonds is 1. The maximum absolute atomic E-state index is 5.59. The van der Waals surface area contributed by atoms with E-state index >= 15 is 0 Å². The molecule has 104 valence electrons. The first kappa shape index (κ1) is 12.9. The van der Waals surface area contributed by atoms with Gasteiger partial charge in [0.1, 0.15) is 0 Å². The number of hydrogen-bond acceptors (Lipinski definition) is 2. The minimum atomic E-state index is 0.433. The number of ether oxygens (including phenoxy) is 1. The predicted octanol–water partition coefficient (Wildman–Crippen LogP) is 3.60. The van der Waals surface area contributed by atoms with Crippen LogP contribution in [-0.4, -0.2) is 35.7 Å². The second kappa shape index (κ2) is 5.13. The Morgan fingerprint density at radius 3 is 2.28 bits per heavy atom. The van der Waals surface area contributed by atoms with Gasteiger partial charge < -0.3 is 4.74 Å². The Labute approximate surface area is 112 Å². The molecule has 3 fully saturated rings. The first-order valence-electron chi connectivity index (χ1n) is 8.09. The van der Waals surface area contributed by atoms with Crippen LogP contribution in [0.2, 0.25) is 0 Å². The van der Waals surface area contributed by atoms with E-state index in [1.54, 1.807) is 0 Å². The molecule has 0 N–H and O–H groups in total. The minimum Gasteiger partial charge on any atom is -0.377 e. The first-order chi connectivity index (χ1) is 8.73.